The second-order valence-corrected chi connectivity index (χ2v) is 9.02. The fraction of sp³-hybridized carbons (Fsp3) is 0.259. The van der Waals surface area contributed by atoms with Crippen molar-refractivity contribution >= 4 is 38.9 Å². The average Bonchev–Trinajstić information content (AvgIpc) is 3.62. The minimum absolute atomic E-state index is 0.279. The van der Waals surface area contributed by atoms with Crippen LogP contribution in [0.3, 0.4) is 0 Å². The summed E-state index contributed by atoms with van der Waals surface area (Å²) in [5.74, 6) is 0.00852. The normalized spacial score (nSPS) is 14.1. The standard InChI is InChI=1S/C25H23N5O2S.C2H6/c31-24(23-13-17-5-1-4-8-22(17)32-23)27-20-7-3-2-6-19(20)21-15-30-18(16-33-25(30)28-21)14-29-11-9-26-10-12-29;1-2/h1-8,13,15-16,26H,9-12,14H2,(H,27,31);1-2H3. The zero-order chi connectivity index (χ0) is 24.2. The van der Waals surface area contributed by atoms with Crippen LogP contribution in [0, 0.1) is 0 Å². The van der Waals surface area contributed by atoms with Crippen molar-refractivity contribution in [2.75, 3.05) is 31.5 Å². The van der Waals surface area contributed by atoms with E-state index in [9.17, 15) is 4.79 Å². The molecule has 0 radical (unpaired) electrons. The number of carbonyl (C=O) groups excluding carboxylic acids is 1. The highest BCUT2D eigenvalue weighted by Gasteiger charge is 2.18. The molecular formula is C27H29N5O2S. The zero-order valence-corrected chi connectivity index (χ0v) is 20.8. The molecule has 7 nitrogen and oxygen atoms in total. The smallest absolute Gasteiger partial charge is 0.291 e. The summed E-state index contributed by atoms with van der Waals surface area (Å²) in [5, 5.41) is 9.50. The second-order valence-electron chi connectivity index (χ2n) is 8.18. The van der Waals surface area contributed by atoms with Crippen LogP contribution in [0.1, 0.15) is 30.1 Å². The fourth-order valence-corrected chi connectivity index (χ4v) is 5.13. The topological polar surface area (TPSA) is 74.8 Å². The van der Waals surface area contributed by atoms with Crippen LogP contribution in [0.5, 0.6) is 0 Å². The maximum atomic E-state index is 12.9. The zero-order valence-electron chi connectivity index (χ0n) is 20.0. The Labute approximate surface area is 208 Å². The quantitative estimate of drug-likeness (QED) is 0.343. The highest BCUT2D eigenvalue weighted by molar-refractivity contribution is 7.15. The SMILES string of the molecule is CC.O=C(Nc1ccccc1-c1cn2c(CN3CCNCC3)csc2n1)c1cc2ccccc2o1. The number of thiazole rings is 1. The van der Waals surface area contributed by atoms with Crippen LogP contribution in [0.4, 0.5) is 5.69 Å². The fourth-order valence-electron chi connectivity index (χ4n) is 4.26. The van der Waals surface area contributed by atoms with Crippen molar-refractivity contribution < 1.29 is 9.21 Å². The highest BCUT2D eigenvalue weighted by Crippen LogP contribution is 2.30. The monoisotopic (exact) mass is 487 g/mol. The maximum Gasteiger partial charge on any atom is 0.291 e. The summed E-state index contributed by atoms with van der Waals surface area (Å²) in [5.41, 5.74) is 4.36. The molecule has 0 aliphatic carbocycles. The van der Waals surface area contributed by atoms with Crippen LogP contribution < -0.4 is 10.6 Å². The number of rotatable bonds is 5. The van der Waals surface area contributed by atoms with Crippen molar-refractivity contribution in [3.05, 3.63) is 77.6 Å². The molecular weight excluding hydrogens is 458 g/mol. The first-order valence-electron chi connectivity index (χ1n) is 12.0. The van der Waals surface area contributed by atoms with Gasteiger partial charge in [-0.25, -0.2) is 4.98 Å². The Morgan fingerprint density at radius 3 is 2.71 bits per heavy atom. The van der Waals surface area contributed by atoms with E-state index in [4.69, 9.17) is 9.40 Å². The van der Waals surface area contributed by atoms with Gasteiger partial charge in [-0.3, -0.25) is 14.1 Å². The first-order valence-corrected chi connectivity index (χ1v) is 12.9. The molecule has 1 aliphatic heterocycles. The number of piperazine rings is 1. The van der Waals surface area contributed by atoms with Crippen molar-refractivity contribution in [2.24, 2.45) is 0 Å². The van der Waals surface area contributed by atoms with Crippen molar-refractivity contribution in [3.63, 3.8) is 0 Å². The van der Waals surface area contributed by atoms with E-state index in [-0.39, 0.29) is 11.7 Å². The van der Waals surface area contributed by atoms with E-state index in [1.54, 1.807) is 17.4 Å². The van der Waals surface area contributed by atoms with Gasteiger partial charge in [-0.2, -0.15) is 0 Å². The summed E-state index contributed by atoms with van der Waals surface area (Å²) in [4.78, 5) is 21.2. The third-order valence-corrected chi connectivity index (χ3v) is 6.87. The molecule has 4 heterocycles. The van der Waals surface area contributed by atoms with Crippen LogP contribution in [0.2, 0.25) is 0 Å². The molecule has 0 atom stereocenters. The van der Waals surface area contributed by atoms with Crippen LogP contribution in [-0.4, -0.2) is 46.4 Å². The molecule has 1 amide bonds. The highest BCUT2D eigenvalue weighted by atomic mass is 32.1. The lowest BCUT2D eigenvalue weighted by Gasteiger charge is -2.26. The van der Waals surface area contributed by atoms with Gasteiger partial charge >= 0.3 is 0 Å². The number of nitrogens with one attached hydrogen (secondary N) is 2. The van der Waals surface area contributed by atoms with E-state index in [2.05, 4.69) is 31.5 Å². The molecule has 5 aromatic rings. The molecule has 3 aromatic heterocycles. The number of hydrogen-bond acceptors (Lipinski definition) is 6. The van der Waals surface area contributed by atoms with Crippen LogP contribution in [0.25, 0.3) is 27.2 Å². The minimum Gasteiger partial charge on any atom is -0.451 e. The largest absolute Gasteiger partial charge is 0.451 e. The van der Waals surface area contributed by atoms with E-state index in [1.165, 1.54) is 5.69 Å². The van der Waals surface area contributed by atoms with Crippen molar-refractivity contribution in [2.45, 2.75) is 20.4 Å². The van der Waals surface area contributed by atoms with Gasteiger partial charge in [0, 0.05) is 60.9 Å². The number of carbonyl (C=O) groups is 1. The van der Waals surface area contributed by atoms with Crippen molar-refractivity contribution in [1.29, 1.82) is 0 Å². The molecule has 1 aliphatic rings. The number of nitrogens with zero attached hydrogens (tertiary/aromatic N) is 3. The molecule has 1 saturated heterocycles. The number of benzene rings is 2. The van der Waals surface area contributed by atoms with Gasteiger partial charge in [-0.15, -0.1) is 11.3 Å². The van der Waals surface area contributed by atoms with Gasteiger partial charge in [0.1, 0.15) is 5.58 Å². The Morgan fingerprint density at radius 2 is 1.89 bits per heavy atom. The van der Waals surface area contributed by atoms with Crippen LogP contribution in [0.15, 0.2) is 70.6 Å². The summed E-state index contributed by atoms with van der Waals surface area (Å²) in [6.07, 6.45) is 2.07. The van der Waals surface area contributed by atoms with E-state index >= 15 is 0 Å². The van der Waals surface area contributed by atoms with Gasteiger partial charge < -0.3 is 15.1 Å². The number of para-hydroxylation sites is 2. The summed E-state index contributed by atoms with van der Waals surface area (Å²) < 4.78 is 7.90. The number of furan rings is 1. The molecule has 8 heteroatoms. The second kappa shape index (κ2) is 10.4. The molecule has 35 heavy (non-hydrogen) atoms. The Balaban J connectivity index is 0.00000124. The molecule has 180 valence electrons. The average molecular weight is 488 g/mol. The molecule has 0 unspecified atom stereocenters. The molecule has 6 rings (SSSR count). The number of anilines is 1. The number of hydrogen-bond donors (Lipinski definition) is 2. The Morgan fingerprint density at radius 1 is 1.11 bits per heavy atom. The molecule has 0 spiro atoms. The van der Waals surface area contributed by atoms with Gasteiger partial charge in [0.05, 0.1) is 11.4 Å². The van der Waals surface area contributed by atoms with Crippen molar-refractivity contribution in [1.82, 2.24) is 19.6 Å². The minimum atomic E-state index is -0.279. The number of aromatic nitrogens is 2. The van der Waals surface area contributed by atoms with Gasteiger partial charge in [-0.1, -0.05) is 50.2 Å². The lowest BCUT2D eigenvalue weighted by Crippen LogP contribution is -2.43. The van der Waals surface area contributed by atoms with Gasteiger partial charge in [0.15, 0.2) is 10.7 Å². The Bertz CT molecular complexity index is 1410. The predicted molar refractivity (Wildman–Crippen MR) is 142 cm³/mol. The maximum absolute atomic E-state index is 12.9. The first kappa shape index (κ1) is 23.3. The molecule has 0 saturated carbocycles. The molecule has 1 fully saturated rings. The number of fused-ring (bicyclic) bond motifs is 2. The van der Waals surface area contributed by atoms with Gasteiger partial charge in [-0.05, 0) is 18.2 Å². The van der Waals surface area contributed by atoms with E-state index < -0.39 is 0 Å². The molecule has 2 N–H and O–H groups in total. The van der Waals surface area contributed by atoms with Gasteiger partial charge in [0.25, 0.3) is 5.91 Å². The summed E-state index contributed by atoms with van der Waals surface area (Å²) in [6, 6.07) is 17.1. The lowest BCUT2D eigenvalue weighted by atomic mass is 10.1. The Hall–Kier alpha value is -3.46. The number of imidazole rings is 1. The van der Waals surface area contributed by atoms with Crippen LogP contribution in [-0.2, 0) is 6.54 Å². The Kier molecular flexibility index (Phi) is 6.94. The third-order valence-electron chi connectivity index (χ3n) is 5.98. The third kappa shape index (κ3) is 4.86. The predicted octanol–water partition coefficient (Wildman–Crippen LogP) is 5.49. The lowest BCUT2D eigenvalue weighted by molar-refractivity contribution is 0.0998. The number of amides is 1. The van der Waals surface area contributed by atoms with E-state index in [0.29, 0.717) is 11.3 Å². The van der Waals surface area contributed by atoms with Gasteiger partial charge in [0.2, 0.25) is 0 Å². The summed E-state index contributed by atoms with van der Waals surface area (Å²) in [6.45, 7) is 9.06. The van der Waals surface area contributed by atoms with E-state index in [0.717, 1.165) is 54.3 Å². The van der Waals surface area contributed by atoms with Crippen molar-refractivity contribution in [3.8, 4) is 11.3 Å². The molecule has 2 aromatic carbocycles. The van der Waals surface area contributed by atoms with E-state index in [1.807, 2.05) is 62.4 Å². The summed E-state index contributed by atoms with van der Waals surface area (Å²) in [7, 11) is 0. The summed E-state index contributed by atoms with van der Waals surface area (Å²) >= 11 is 1.64. The molecule has 0 bridgehead atoms. The first-order chi connectivity index (χ1) is 17.2. The van der Waals surface area contributed by atoms with Crippen LogP contribution >= 0.6 is 11.3 Å².